The Morgan fingerprint density at radius 2 is 1.89 bits per heavy atom. The van der Waals surface area contributed by atoms with Gasteiger partial charge in [0.2, 0.25) is 0 Å². The fraction of sp³-hybridized carbons (Fsp3) is 0.190. The van der Waals surface area contributed by atoms with Crippen molar-refractivity contribution in [1.29, 1.82) is 0 Å². The first-order valence-corrected chi connectivity index (χ1v) is 9.17. The van der Waals surface area contributed by atoms with Crippen LogP contribution in [0.25, 0.3) is 22.2 Å². The lowest BCUT2D eigenvalue weighted by Gasteiger charge is -2.26. The average Bonchev–Trinajstić information content (AvgIpc) is 3.37. The highest BCUT2D eigenvalue weighted by atomic mass is 16.5. The van der Waals surface area contributed by atoms with Crippen LogP contribution in [0.5, 0.6) is 5.75 Å². The number of aromatic nitrogens is 4. The number of rotatable bonds is 3. The van der Waals surface area contributed by atoms with Gasteiger partial charge in [0.15, 0.2) is 5.69 Å². The molecule has 28 heavy (non-hydrogen) atoms. The Hall–Kier alpha value is -3.61. The summed E-state index contributed by atoms with van der Waals surface area (Å²) in [4.78, 5) is 15.0. The lowest BCUT2D eigenvalue weighted by molar-refractivity contribution is 0.0730. The predicted octanol–water partition coefficient (Wildman–Crippen LogP) is 3.16. The Bertz CT molecular complexity index is 1160. The van der Waals surface area contributed by atoms with E-state index in [2.05, 4.69) is 20.4 Å². The zero-order chi connectivity index (χ0) is 19.1. The van der Waals surface area contributed by atoms with Crippen LogP contribution in [0, 0.1) is 0 Å². The largest absolute Gasteiger partial charge is 0.497 e. The van der Waals surface area contributed by atoms with Crippen molar-refractivity contribution < 1.29 is 9.53 Å². The van der Waals surface area contributed by atoms with Gasteiger partial charge in [0.25, 0.3) is 5.91 Å². The number of hydrogen-bond acceptors (Lipinski definition) is 4. The van der Waals surface area contributed by atoms with Gasteiger partial charge in [-0.05, 0) is 30.3 Å². The number of hydrogen-bond donors (Lipinski definition) is 2. The average molecular weight is 373 g/mol. The molecule has 0 saturated heterocycles. The van der Waals surface area contributed by atoms with Crippen molar-refractivity contribution in [3.05, 3.63) is 65.5 Å². The molecule has 0 spiro atoms. The van der Waals surface area contributed by atoms with Crippen LogP contribution >= 0.6 is 0 Å². The van der Waals surface area contributed by atoms with Crippen molar-refractivity contribution in [2.24, 2.45) is 0 Å². The van der Waals surface area contributed by atoms with E-state index in [1.807, 2.05) is 53.4 Å². The third kappa shape index (κ3) is 2.63. The SMILES string of the molecule is COc1ccc(-c2n[nH]c3c2CN(C(=O)c2n[nH]c4ccccc24)CC3)cc1. The molecule has 7 nitrogen and oxygen atoms in total. The highest BCUT2D eigenvalue weighted by Gasteiger charge is 2.28. The van der Waals surface area contributed by atoms with Crippen LogP contribution in [0.2, 0.25) is 0 Å². The molecule has 0 fully saturated rings. The van der Waals surface area contributed by atoms with Crippen molar-refractivity contribution in [2.45, 2.75) is 13.0 Å². The van der Waals surface area contributed by atoms with Crippen LogP contribution in [0.3, 0.4) is 0 Å². The smallest absolute Gasteiger partial charge is 0.275 e. The molecule has 0 unspecified atom stereocenters. The molecule has 0 aliphatic carbocycles. The lowest BCUT2D eigenvalue weighted by Crippen LogP contribution is -2.36. The van der Waals surface area contributed by atoms with Gasteiger partial charge in [0, 0.05) is 35.2 Å². The summed E-state index contributed by atoms with van der Waals surface area (Å²) in [6.07, 6.45) is 0.743. The molecule has 1 aliphatic rings. The quantitative estimate of drug-likeness (QED) is 0.577. The third-order valence-corrected chi connectivity index (χ3v) is 5.26. The van der Waals surface area contributed by atoms with E-state index in [0.717, 1.165) is 45.6 Å². The molecule has 0 atom stereocenters. The van der Waals surface area contributed by atoms with Crippen LogP contribution in [0.1, 0.15) is 21.7 Å². The number of carbonyl (C=O) groups is 1. The number of nitrogens with zero attached hydrogens (tertiary/aromatic N) is 3. The highest BCUT2D eigenvalue weighted by molar-refractivity contribution is 6.04. The van der Waals surface area contributed by atoms with Gasteiger partial charge < -0.3 is 9.64 Å². The molecule has 0 radical (unpaired) electrons. The first-order valence-electron chi connectivity index (χ1n) is 9.17. The molecule has 0 bridgehead atoms. The van der Waals surface area contributed by atoms with Crippen molar-refractivity contribution in [1.82, 2.24) is 25.3 Å². The van der Waals surface area contributed by atoms with Crippen molar-refractivity contribution >= 4 is 16.8 Å². The number of H-pyrrole nitrogens is 2. The number of ether oxygens (including phenoxy) is 1. The summed E-state index contributed by atoms with van der Waals surface area (Å²) >= 11 is 0. The van der Waals surface area contributed by atoms with Gasteiger partial charge in [-0.3, -0.25) is 15.0 Å². The van der Waals surface area contributed by atoms with E-state index in [-0.39, 0.29) is 5.91 Å². The van der Waals surface area contributed by atoms with Gasteiger partial charge in [-0.1, -0.05) is 18.2 Å². The Morgan fingerprint density at radius 3 is 2.71 bits per heavy atom. The van der Waals surface area contributed by atoms with Gasteiger partial charge in [-0.2, -0.15) is 10.2 Å². The van der Waals surface area contributed by atoms with Crippen LogP contribution in [-0.2, 0) is 13.0 Å². The Morgan fingerprint density at radius 1 is 1.07 bits per heavy atom. The number of aromatic amines is 2. The van der Waals surface area contributed by atoms with E-state index in [1.54, 1.807) is 7.11 Å². The van der Waals surface area contributed by atoms with Crippen LogP contribution < -0.4 is 4.74 Å². The van der Waals surface area contributed by atoms with Crippen molar-refractivity contribution in [2.75, 3.05) is 13.7 Å². The molecule has 4 aromatic rings. The topological polar surface area (TPSA) is 86.9 Å². The maximum absolute atomic E-state index is 13.1. The molecular weight excluding hydrogens is 354 g/mol. The summed E-state index contributed by atoms with van der Waals surface area (Å²) in [5.41, 5.74) is 5.35. The molecule has 2 aromatic heterocycles. The minimum absolute atomic E-state index is 0.0648. The Labute approximate surface area is 161 Å². The number of methoxy groups -OCH3 is 1. The lowest BCUT2D eigenvalue weighted by atomic mass is 10.0. The summed E-state index contributed by atoms with van der Waals surface area (Å²) in [7, 11) is 1.65. The number of benzene rings is 2. The minimum Gasteiger partial charge on any atom is -0.497 e. The summed E-state index contributed by atoms with van der Waals surface area (Å²) in [6, 6.07) is 15.5. The second-order valence-corrected chi connectivity index (χ2v) is 6.85. The first kappa shape index (κ1) is 16.6. The van der Waals surface area contributed by atoms with Crippen LogP contribution in [-0.4, -0.2) is 44.9 Å². The second kappa shape index (κ2) is 6.53. The minimum atomic E-state index is -0.0648. The number of nitrogens with one attached hydrogen (secondary N) is 2. The zero-order valence-corrected chi connectivity index (χ0v) is 15.4. The van der Waals surface area contributed by atoms with E-state index < -0.39 is 0 Å². The number of amides is 1. The summed E-state index contributed by atoms with van der Waals surface area (Å²) in [6.45, 7) is 1.14. The zero-order valence-electron chi connectivity index (χ0n) is 15.4. The number of fused-ring (bicyclic) bond motifs is 2. The van der Waals surface area contributed by atoms with E-state index in [0.29, 0.717) is 18.8 Å². The summed E-state index contributed by atoms with van der Waals surface area (Å²) < 4.78 is 5.23. The molecule has 0 saturated carbocycles. The first-order chi connectivity index (χ1) is 13.7. The Balaban J connectivity index is 1.46. The van der Waals surface area contributed by atoms with Gasteiger partial charge in [-0.25, -0.2) is 0 Å². The van der Waals surface area contributed by atoms with Gasteiger partial charge >= 0.3 is 0 Å². The Kier molecular flexibility index (Phi) is 3.86. The monoisotopic (exact) mass is 373 g/mol. The predicted molar refractivity (Wildman–Crippen MR) is 105 cm³/mol. The molecule has 1 aliphatic heterocycles. The van der Waals surface area contributed by atoms with Crippen molar-refractivity contribution in [3.8, 4) is 17.0 Å². The van der Waals surface area contributed by atoms with E-state index in [9.17, 15) is 4.79 Å². The molecule has 2 aromatic carbocycles. The molecule has 5 rings (SSSR count). The van der Waals surface area contributed by atoms with Gasteiger partial charge in [0.1, 0.15) is 5.75 Å². The number of carbonyl (C=O) groups excluding carboxylic acids is 1. The molecule has 3 heterocycles. The summed E-state index contributed by atoms with van der Waals surface area (Å²) in [5, 5.41) is 15.7. The molecule has 2 N–H and O–H groups in total. The van der Waals surface area contributed by atoms with Gasteiger partial charge in [-0.15, -0.1) is 0 Å². The second-order valence-electron chi connectivity index (χ2n) is 6.85. The molecular formula is C21H19N5O2. The third-order valence-electron chi connectivity index (χ3n) is 5.26. The standard InChI is InChI=1S/C21H19N5O2/c1-28-14-8-6-13(7-9-14)19-16-12-26(11-10-18(16)23-24-19)21(27)20-15-4-2-3-5-17(15)22-25-20/h2-9H,10-12H2,1H3,(H,22,25)(H,23,24). The fourth-order valence-electron chi connectivity index (χ4n) is 3.73. The normalized spacial score (nSPS) is 13.5. The van der Waals surface area contributed by atoms with E-state index in [4.69, 9.17) is 4.74 Å². The van der Waals surface area contributed by atoms with E-state index in [1.165, 1.54) is 0 Å². The van der Waals surface area contributed by atoms with Crippen LogP contribution in [0.15, 0.2) is 48.5 Å². The van der Waals surface area contributed by atoms with Gasteiger partial charge in [0.05, 0.1) is 24.9 Å². The molecule has 140 valence electrons. The maximum atomic E-state index is 13.1. The maximum Gasteiger partial charge on any atom is 0.275 e. The molecule has 7 heteroatoms. The number of para-hydroxylation sites is 1. The highest BCUT2D eigenvalue weighted by Crippen LogP contribution is 2.30. The molecule has 1 amide bonds. The fourth-order valence-corrected chi connectivity index (χ4v) is 3.73. The summed E-state index contributed by atoms with van der Waals surface area (Å²) in [5.74, 6) is 0.736. The van der Waals surface area contributed by atoms with Crippen LogP contribution in [0.4, 0.5) is 0 Å². The van der Waals surface area contributed by atoms with E-state index >= 15 is 0 Å². The van der Waals surface area contributed by atoms with Crippen molar-refractivity contribution in [3.63, 3.8) is 0 Å².